The summed E-state index contributed by atoms with van der Waals surface area (Å²) in [5.74, 6) is 1.54. The first kappa shape index (κ1) is 17.3. The Bertz CT molecular complexity index is 492. The molecule has 0 spiro atoms. The van der Waals surface area contributed by atoms with Gasteiger partial charge in [0.25, 0.3) is 0 Å². The molecule has 0 aliphatic heterocycles. The Kier molecular flexibility index (Phi) is 6.06. The summed E-state index contributed by atoms with van der Waals surface area (Å²) >= 11 is 0. The van der Waals surface area contributed by atoms with Gasteiger partial charge >= 0.3 is 5.97 Å². The van der Waals surface area contributed by atoms with E-state index in [9.17, 15) is 4.79 Å². The maximum atomic E-state index is 11.2. The SMILES string of the molecule is COC(=O)CCCC(C)(C)c1cc(OC)c(C)cc1OC. The van der Waals surface area contributed by atoms with E-state index in [0.29, 0.717) is 6.42 Å². The number of rotatable bonds is 7. The molecule has 0 radical (unpaired) electrons. The Labute approximate surface area is 127 Å². The largest absolute Gasteiger partial charge is 0.496 e. The van der Waals surface area contributed by atoms with Crippen molar-refractivity contribution in [3.05, 3.63) is 23.3 Å². The molecule has 118 valence electrons. The van der Waals surface area contributed by atoms with Crippen molar-refractivity contribution in [3.63, 3.8) is 0 Å². The molecule has 0 atom stereocenters. The van der Waals surface area contributed by atoms with Crippen molar-refractivity contribution >= 4 is 5.97 Å². The van der Waals surface area contributed by atoms with Crippen molar-refractivity contribution in [2.24, 2.45) is 0 Å². The highest BCUT2D eigenvalue weighted by Gasteiger charge is 2.26. The van der Waals surface area contributed by atoms with E-state index in [-0.39, 0.29) is 11.4 Å². The average molecular weight is 294 g/mol. The topological polar surface area (TPSA) is 44.8 Å². The zero-order valence-corrected chi connectivity index (χ0v) is 13.9. The van der Waals surface area contributed by atoms with Crippen LogP contribution in [0.25, 0.3) is 0 Å². The summed E-state index contributed by atoms with van der Waals surface area (Å²) in [5.41, 5.74) is 2.03. The first-order chi connectivity index (χ1) is 9.85. The smallest absolute Gasteiger partial charge is 0.305 e. The summed E-state index contributed by atoms with van der Waals surface area (Å²) < 4.78 is 15.6. The van der Waals surface area contributed by atoms with Crippen LogP contribution in [0.4, 0.5) is 0 Å². The summed E-state index contributed by atoms with van der Waals surface area (Å²) in [5, 5.41) is 0. The van der Waals surface area contributed by atoms with Crippen molar-refractivity contribution < 1.29 is 19.0 Å². The third-order valence-corrected chi connectivity index (χ3v) is 3.86. The molecule has 0 aliphatic carbocycles. The molecule has 1 aromatic carbocycles. The molecule has 0 bridgehead atoms. The third kappa shape index (κ3) is 4.38. The second kappa shape index (κ2) is 7.34. The van der Waals surface area contributed by atoms with E-state index >= 15 is 0 Å². The van der Waals surface area contributed by atoms with E-state index in [0.717, 1.165) is 35.5 Å². The quantitative estimate of drug-likeness (QED) is 0.720. The van der Waals surface area contributed by atoms with Gasteiger partial charge in [0.1, 0.15) is 11.5 Å². The zero-order valence-electron chi connectivity index (χ0n) is 13.9. The van der Waals surface area contributed by atoms with Crippen LogP contribution < -0.4 is 9.47 Å². The number of carbonyl (C=O) groups is 1. The van der Waals surface area contributed by atoms with E-state index < -0.39 is 0 Å². The second-order valence-corrected chi connectivity index (χ2v) is 5.84. The Morgan fingerprint density at radius 1 is 1.10 bits per heavy atom. The van der Waals surface area contributed by atoms with E-state index in [1.165, 1.54) is 7.11 Å². The Morgan fingerprint density at radius 2 is 1.71 bits per heavy atom. The van der Waals surface area contributed by atoms with Crippen LogP contribution >= 0.6 is 0 Å². The molecule has 1 rings (SSSR count). The average Bonchev–Trinajstić information content (AvgIpc) is 2.46. The van der Waals surface area contributed by atoms with Crippen LogP contribution in [0.2, 0.25) is 0 Å². The van der Waals surface area contributed by atoms with Crippen molar-refractivity contribution in [1.82, 2.24) is 0 Å². The van der Waals surface area contributed by atoms with Crippen molar-refractivity contribution in [1.29, 1.82) is 0 Å². The van der Waals surface area contributed by atoms with Gasteiger partial charge in [-0.15, -0.1) is 0 Å². The normalized spacial score (nSPS) is 11.1. The van der Waals surface area contributed by atoms with Gasteiger partial charge in [-0.1, -0.05) is 13.8 Å². The van der Waals surface area contributed by atoms with Crippen molar-refractivity contribution in [3.8, 4) is 11.5 Å². The lowest BCUT2D eigenvalue weighted by molar-refractivity contribution is -0.140. The highest BCUT2D eigenvalue weighted by molar-refractivity contribution is 5.69. The van der Waals surface area contributed by atoms with Crippen LogP contribution in [0.5, 0.6) is 11.5 Å². The molecule has 0 unspecified atom stereocenters. The lowest BCUT2D eigenvalue weighted by Crippen LogP contribution is -2.19. The third-order valence-electron chi connectivity index (χ3n) is 3.86. The van der Waals surface area contributed by atoms with Crippen LogP contribution in [0, 0.1) is 6.92 Å². The summed E-state index contributed by atoms with van der Waals surface area (Å²) in [7, 11) is 4.76. The first-order valence-electron chi connectivity index (χ1n) is 7.15. The molecule has 0 fully saturated rings. The van der Waals surface area contributed by atoms with E-state index in [2.05, 4.69) is 18.6 Å². The number of hydrogen-bond donors (Lipinski definition) is 0. The minimum atomic E-state index is -0.167. The minimum absolute atomic E-state index is 0.111. The molecule has 21 heavy (non-hydrogen) atoms. The summed E-state index contributed by atoms with van der Waals surface area (Å²) in [4.78, 5) is 11.2. The second-order valence-electron chi connectivity index (χ2n) is 5.84. The van der Waals surface area contributed by atoms with Gasteiger partial charge in [-0.05, 0) is 42.9 Å². The number of benzene rings is 1. The minimum Gasteiger partial charge on any atom is -0.496 e. The number of carbonyl (C=O) groups excluding carboxylic acids is 1. The van der Waals surface area contributed by atoms with Gasteiger partial charge in [-0.3, -0.25) is 4.79 Å². The highest BCUT2D eigenvalue weighted by atomic mass is 16.5. The van der Waals surface area contributed by atoms with Crippen molar-refractivity contribution in [2.45, 2.75) is 45.4 Å². The zero-order chi connectivity index (χ0) is 16.0. The Morgan fingerprint density at radius 3 is 2.24 bits per heavy atom. The van der Waals surface area contributed by atoms with Gasteiger partial charge < -0.3 is 14.2 Å². The predicted molar refractivity (Wildman–Crippen MR) is 83.2 cm³/mol. The summed E-state index contributed by atoms with van der Waals surface area (Å²) in [6.07, 6.45) is 2.08. The molecule has 0 N–H and O–H groups in total. The number of methoxy groups -OCH3 is 3. The van der Waals surface area contributed by atoms with Gasteiger partial charge in [0.15, 0.2) is 0 Å². The maximum absolute atomic E-state index is 11.2. The van der Waals surface area contributed by atoms with Gasteiger partial charge in [0.05, 0.1) is 21.3 Å². The fraction of sp³-hybridized carbons (Fsp3) is 0.588. The number of hydrogen-bond acceptors (Lipinski definition) is 4. The molecule has 0 amide bonds. The van der Waals surface area contributed by atoms with Gasteiger partial charge in [0.2, 0.25) is 0 Å². The standard InChI is InChI=1S/C17H26O4/c1-12-10-15(20-5)13(11-14(12)19-4)17(2,3)9-7-8-16(18)21-6/h10-11H,7-9H2,1-6H3. The highest BCUT2D eigenvalue weighted by Crippen LogP contribution is 2.39. The van der Waals surface area contributed by atoms with Crippen LogP contribution in [0.3, 0.4) is 0 Å². The van der Waals surface area contributed by atoms with Crippen LogP contribution in [0.15, 0.2) is 12.1 Å². The van der Waals surface area contributed by atoms with Crippen LogP contribution in [0.1, 0.15) is 44.2 Å². The first-order valence-corrected chi connectivity index (χ1v) is 7.15. The fourth-order valence-corrected chi connectivity index (χ4v) is 2.49. The lowest BCUT2D eigenvalue weighted by atomic mass is 9.79. The van der Waals surface area contributed by atoms with E-state index in [1.807, 2.05) is 19.1 Å². The molecule has 0 aromatic heterocycles. The molecule has 0 saturated carbocycles. The molecule has 1 aromatic rings. The molecule has 0 heterocycles. The number of esters is 1. The van der Waals surface area contributed by atoms with Crippen molar-refractivity contribution in [2.75, 3.05) is 21.3 Å². The molecule has 4 nitrogen and oxygen atoms in total. The molecular weight excluding hydrogens is 268 g/mol. The number of aryl methyl sites for hydroxylation is 1. The Hall–Kier alpha value is -1.71. The number of ether oxygens (including phenoxy) is 3. The monoisotopic (exact) mass is 294 g/mol. The van der Waals surface area contributed by atoms with Crippen LogP contribution in [-0.2, 0) is 14.9 Å². The predicted octanol–water partition coefficient (Wildman–Crippen LogP) is 3.63. The molecule has 0 aliphatic rings. The summed E-state index contributed by atoms with van der Waals surface area (Å²) in [6.45, 7) is 6.29. The van der Waals surface area contributed by atoms with Gasteiger partial charge in [-0.25, -0.2) is 0 Å². The van der Waals surface area contributed by atoms with Gasteiger partial charge in [0, 0.05) is 12.0 Å². The molecule has 4 heteroatoms. The molecule has 0 saturated heterocycles. The summed E-state index contributed by atoms with van der Waals surface area (Å²) in [6, 6.07) is 4.03. The van der Waals surface area contributed by atoms with Gasteiger partial charge in [-0.2, -0.15) is 0 Å². The van der Waals surface area contributed by atoms with E-state index in [4.69, 9.17) is 9.47 Å². The Balaban J connectivity index is 2.97. The fourth-order valence-electron chi connectivity index (χ4n) is 2.49. The lowest BCUT2D eigenvalue weighted by Gasteiger charge is -2.28. The maximum Gasteiger partial charge on any atom is 0.305 e. The van der Waals surface area contributed by atoms with Crippen LogP contribution in [-0.4, -0.2) is 27.3 Å². The van der Waals surface area contributed by atoms with E-state index in [1.54, 1.807) is 14.2 Å². The molecular formula is C17H26O4.